The molecule has 0 N–H and O–H groups in total. The van der Waals surface area contributed by atoms with E-state index in [2.05, 4.69) is 32.0 Å². The van der Waals surface area contributed by atoms with Gasteiger partial charge in [-0.2, -0.15) is 0 Å². The zero-order chi connectivity index (χ0) is 11.3. The average Bonchev–Trinajstić information content (AvgIpc) is 2.85. The normalized spacial score (nSPS) is 32.8. The van der Waals surface area contributed by atoms with Crippen molar-refractivity contribution in [2.75, 3.05) is 7.11 Å². The molecule has 2 aliphatic carbocycles. The van der Waals surface area contributed by atoms with Crippen LogP contribution in [0.1, 0.15) is 48.3 Å². The van der Waals surface area contributed by atoms with Crippen molar-refractivity contribution < 1.29 is 4.74 Å². The smallest absolute Gasteiger partial charge is 0.0583 e. The molecule has 0 aromatic heterocycles. The highest BCUT2D eigenvalue weighted by Gasteiger charge is 2.48. The molecule has 1 fully saturated rings. The van der Waals surface area contributed by atoms with E-state index in [9.17, 15) is 0 Å². The molecule has 0 spiro atoms. The van der Waals surface area contributed by atoms with Gasteiger partial charge in [0.1, 0.15) is 0 Å². The summed E-state index contributed by atoms with van der Waals surface area (Å²) in [5.41, 5.74) is 4.75. The number of hydrogen-bond donors (Lipinski definition) is 0. The Labute approximate surface area is 97.8 Å². The van der Waals surface area contributed by atoms with Gasteiger partial charge < -0.3 is 4.74 Å². The van der Waals surface area contributed by atoms with Gasteiger partial charge in [0.25, 0.3) is 0 Å². The van der Waals surface area contributed by atoms with Gasteiger partial charge in [0.2, 0.25) is 0 Å². The Morgan fingerprint density at radius 3 is 2.69 bits per heavy atom. The Morgan fingerprint density at radius 1 is 1.25 bits per heavy atom. The summed E-state index contributed by atoms with van der Waals surface area (Å²) in [7, 11) is 1.85. The van der Waals surface area contributed by atoms with Gasteiger partial charge in [0.05, 0.1) is 6.10 Å². The molecule has 0 heterocycles. The molecule has 16 heavy (non-hydrogen) atoms. The third-order valence-corrected chi connectivity index (χ3v) is 4.76. The molecule has 1 nitrogen and oxygen atoms in total. The van der Waals surface area contributed by atoms with Crippen molar-refractivity contribution >= 4 is 0 Å². The second kappa shape index (κ2) is 3.59. The first-order valence-corrected chi connectivity index (χ1v) is 6.36. The molecule has 4 unspecified atom stereocenters. The van der Waals surface area contributed by atoms with E-state index in [0.29, 0.717) is 6.10 Å². The van der Waals surface area contributed by atoms with Crippen LogP contribution in [0.3, 0.4) is 0 Å². The fourth-order valence-corrected chi connectivity index (χ4v) is 4.07. The summed E-state index contributed by atoms with van der Waals surface area (Å²) >= 11 is 0. The third kappa shape index (κ3) is 1.21. The molecule has 86 valence electrons. The van der Waals surface area contributed by atoms with Crippen LogP contribution in [-0.2, 0) is 4.74 Å². The predicted molar refractivity (Wildman–Crippen MR) is 65.9 cm³/mol. The third-order valence-electron chi connectivity index (χ3n) is 4.76. The Bertz CT molecular complexity index is 410. The monoisotopic (exact) mass is 216 g/mol. The van der Waals surface area contributed by atoms with Crippen molar-refractivity contribution in [3.05, 3.63) is 34.9 Å². The lowest BCUT2D eigenvalue weighted by molar-refractivity contribution is 0.0608. The summed E-state index contributed by atoms with van der Waals surface area (Å²) in [5, 5.41) is 0. The number of methoxy groups -OCH3 is 1. The molecule has 2 aliphatic rings. The van der Waals surface area contributed by atoms with Crippen molar-refractivity contribution in [1.82, 2.24) is 0 Å². The Morgan fingerprint density at radius 2 is 2.00 bits per heavy atom. The van der Waals surface area contributed by atoms with Crippen LogP contribution >= 0.6 is 0 Å². The molecule has 2 bridgehead atoms. The molecular weight excluding hydrogens is 196 g/mol. The molecule has 1 aromatic rings. The summed E-state index contributed by atoms with van der Waals surface area (Å²) < 4.78 is 5.59. The lowest BCUT2D eigenvalue weighted by Gasteiger charge is -2.22. The standard InChI is InChI=1S/C15H20O/c1-9-5-4-6-11-12-7-8-13(14(9)11)15(12)10(2)16-3/h4-6,10,12-13,15H,7-8H2,1-3H3. The Balaban J connectivity index is 2.06. The van der Waals surface area contributed by atoms with Gasteiger partial charge in [-0.05, 0) is 61.1 Å². The summed E-state index contributed by atoms with van der Waals surface area (Å²) in [6.07, 6.45) is 3.12. The molecule has 0 saturated heterocycles. The van der Waals surface area contributed by atoms with E-state index < -0.39 is 0 Å². The van der Waals surface area contributed by atoms with Crippen molar-refractivity contribution in [3.63, 3.8) is 0 Å². The Hall–Kier alpha value is -0.820. The predicted octanol–water partition coefficient (Wildman–Crippen LogP) is 3.62. The maximum absolute atomic E-state index is 5.59. The van der Waals surface area contributed by atoms with Crippen LogP contribution in [0.25, 0.3) is 0 Å². The number of aryl methyl sites for hydroxylation is 1. The van der Waals surface area contributed by atoms with E-state index in [1.807, 2.05) is 7.11 Å². The molecule has 0 aliphatic heterocycles. The van der Waals surface area contributed by atoms with Gasteiger partial charge in [-0.15, -0.1) is 0 Å². The van der Waals surface area contributed by atoms with E-state index >= 15 is 0 Å². The minimum atomic E-state index is 0.393. The van der Waals surface area contributed by atoms with Crippen LogP contribution in [0.5, 0.6) is 0 Å². The van der Waals surface area contributed by atoms with Crippen LogP contribution in [-0.4, -0.2) is 13.2 Å². The van der Waals surface area contributed by atoms with Gasteiger partial charge in [-0.1, -0.05) is 18.2 Å². The maximum atomic E-state index is 5.59. The van der Waals surface area contributed by atoms with Crippen LogP contribution in [0, 0.1) is 12.8 Å². The topological polar surface area (TPSA) is 9.23 Å². The summed E-state index contributed by atoms with van der Waals surface area (Å²) in [5.74, 6) is 2.24. The first kappa shape index (κ1) is 10.3. The van der Waals surface area contributed by atoms with E-state index in [1.165, 1.54) is 18.4 Å². The molecule has 4 atom stereocenters. The molecular formula is C15H20O. The summed E-state index contributed by atoms with van der Waals surface area (Å²) in [4.78, 5) is 0. The van der Waals surface area contributed by atoms with E-state index in [-0.39, 0.29) is 0 Å². The van der Waals surface area contributed by atoms with Gasteiger partial charge in [0.15, 0.2) is 0 Å². The summed E-state index contributed by atoms with van der Waals surface area (Å²) in [6, 6.07) is 6.80. The van der Waals surface area contributed by atoms with E-state index in [0.717, 1.165) is 17.8 Å². The first-order chi connectivity index (χ1) is 7.74. The van der Waals surface area contributed by atoms with Gasteiger partial charge in [0, 0.05) is 7.11 Å². The zero-order valence-electron chi connectivity index (χ0n) is 10.4. The molecule has 3 rings (SSSR count). The number of ether oxygens (including phenoxy) is 1. The molecule has 1 aromatic carbocycles. The van der Waals surface area contributed by atoms with Crippen LogP contribution < -0.4 is 0 Å². The minimum Gasteiger partial charge on any atom is -0.381 e. The molecule has 1 heteroatoms. The highest BCUT2D eigenvalue weighted by molar-refractivity contribution is 5.47. The van der Waals surface area contributed by atoms with Gasteiger partial charge in [-0.3, -0.25) is 0 Å². The van der Waals surface area contributed by atoms with E-state index in [1.54, 1.807) is 11.1 Å². The van der Waals surface area contributed by atoms with Crippen molar-refractivity contribution in [2.45, 2.75) is 44.6 Å². The fourth-order valence-electron chi connectivity index (χ4n) is 4.07. The zero-order valence-corrected chi connectivity index (χ0v) is 10.4. The second-order valence-electron chi connectivity index (χ2n) is 5.39. The Kier molecular flexibility index (Phi) is 2.32. The number of hydrogen-bond acceptors (Lipinski definition) is 1. The first-order valence-electron chi connectivity index (χ1n) is 6.36. The maximum Gasteiger partial charge on any atom is 0.0583 e. The SMILES string of the molecule is COC(C)C1C2CCC1c1c(C)cccc12. The molecule has 1 saturated carbocycles. The average molecular weight is 216 g/mol. The summed E-state index contributed by atoms with van der Waals surface area (Å²) in [6.45, 7) is 4.49. The fraction of sp³-hybridized carbons (Fsp3) is 0.600. The minimum absolute atomic E-state index is 0.393. The quantitative estimate of drug-likeness (QED) is 0.733. The van der Waals surface area contributed by atoms with Crippen LogP contribution in [0.2, 0.25) is 0 Å². The molecule has 0 amide bonds. The highest BCUT2D eigenvalue weighted by Crippen LogP contribution is 2.59. The second-order valence-corrected chi connectivity index (χ2v) is 5.39. The van der Waals surface area contributed by atoms with Crippen LogP contribution in [0.15, 0.2) is 18.2 Å². The van der Waals surface area contributed by atoms with Crippen molar-refractivity contribution in [2.24, 2.45) is 5.92 Å². The molecule has 0 radical (unpaired) electrons. The number of rotatable bonds is 2. The van der Waals surface area contributed by atoms with Crippen molar-refractivity contribution in [3.8, 4) is 0 Å². The lowest BCUT2D eigenvalue weighted by atomic mass is 9.88. The lowest BCUT2D eigenvalue weighted by Crippen LogP contribution is -2.21. The van der Waals surface area contributed by atoms with Gasteiger partial charge >= 0.3 is 0 Å². The van der Waals surface area contributed by atoms with E-state index in [4.69, 9.17) is 4.74 Å². The highest BCUT2D eigenvalue weighted by atomic mass is 16.5. The number of benzene rings is 1. The largest absolute Gasteiger partial charge is 0.381 e. The number of fused-ring (bicyclic) bond motifs is 5. The van der Waals surface area contributed by atoms with Crippen molar-refractivity contribution in [1.29, 1.82) is 0 Å². The van der Waals surface area contributed by atoms with Gasteiger partial charge in [-0.25, -0.2) is 0 Å². The van der Waals surface area contributed by atoms with Crippen LogP contribution in [0.4, 0.5) is 0 Å².